The van der Waals surface area contributed by atoms with Crippen LogP contribution < -0.4 is 5.73 Å². The fraction of sp³-hybridized carbons (Fsp3) is 0.0769. The van der Waals surface area contributed by atoms with Gasteiger partial charge in [-0.25, -0.2) is 8.42 Å². The van der Waals surface area contributed by atoms with Gasteiger partial charge in [0.15, 0.2) is 9.84 Å². The van der Waals surface area contributed by atoms with Gasteiger partial charge in [-0.15, -0.1) is 0 Å². The molecule has 0 saturated heterocycles. The Morgan fingerprint density at radius 1 is 1.10 bits per heavy atom. The summed E-state index contributed by atoms with van der Waals surface area (Å²) in [7, 11) is -3.55. The molecule has 0 heterocycles. The van der Waals surface area contributed by atoms with E-state index in [0.29, 0.717) is 25.8 Å². The first-order valence-electron chi connectivity index (χ1n) is 5.51. The van der Waals surface area contributed by atoms with Gasteiger partial charge in [-0.2, -0.15) is 0 Å². The van der Waals surface area contributed by atoms with Crippen LogP contribution in [0.2, 0.25) is 10.0 Å². The Balaban J connectivity index is 2.43. The molecule has 0 aliphatic carbocycles. The second-order valence-corrected chi connectivity index (χ2v) is 7.84. The third-order valence-corrected chi connectivity index (χ3v) is 5.88. The number of hydrogen-bond donors (Lipinski definition) is 1. The fourth-order valence-corrected chi connectivity index (χ4v) is 4.74. The lowest BCUT2D eigenvalue weighted by Gasteiger charge is -2.09. The predicted octanol–water partition coefficient (Wildman–Crippen LogP) is 4.31. The molecule has 2 rings (SSSR count). The zero-order valence-electron chi connectivity index (χ0n) is 10.1. The summed E-state index contributed by atoms with van der Waals surface area (Å²) in [6, 6.07) is 9.29. The van der Waals surface area contributed by atoms with E-state index in [0.717, 1.165) is 0 Å². The number of anilines is 1. The lowest BCUT2D eigenvalue weighted by molar-refractivity contribution is 0.595. The van der Waals surface area contributed by atoms with Crippen molar-refractivity contribution < 1.29 is 8.42 Å². The molecule has 0 spiro atoms. The monoisotopic (exact) mass is 393 g/mol. The van der Waals surface area contributed by atoms with Crippen LogP contribution in [0.1, 0.15) is 5.56 Å². The zero-order valence-corrected chi connectivity index (χ0v) is 14.0. The van der Waals surface area contributed by atoms with Gasteiger partial charge in [-0.3, -0.25) is 0 Å². The number of halogens is 3. The number of nitrogen functional groups attached to an aromatic ring is 1. The van der Waals surface area contributed by atoms with Crippen LogP contribution in [-0.4, -0.2) is 8.42 Å². The van der Waals surface area contributed by atoms with Crippen molar-refractivity contribution in [1.82, 2.24) is 0 Å². The van der Waals surface area contributed by atoms with Crippen LogP contribution in [0.4, 0.5) is 5.69 Å². The SMILES string of the molecule is Nc1ccc(S(=O)(=O)Cc2cc(Cl)ccc2Cl)c(Br)c1. The quantitative estimate of drug-likeness (QED) is 0.789. The van der Waals surface area contributed by atoms with E-state index in [4.69, 9.17) is 28.9 Å². The number of nitrogens with two attached hydrogens (primary N) is 1. The maximum atomic E-state index is 12.4. The summed E-state index contributed by atoms with van der Waals surface area (Å²) in [5, 5.41) is 0.806. The van der Waals surface area contributed by atoms with E-state index in [1.807, 2.05) is 0 Å². The molecule has 0 fully saturated rings. The van der Waals surface area contributed by atoms with E-state index in [-0.39, 0.29) is 10.6 Å². The largest absolute Gasteiger partial charge is 0.399 e. The molecule has 106 valence electrons. The smallest absolute Gasteiger partial charge is 0.183 e. The van der Waals surface area contributed by atoms with Gasteiger partial charge in [0.25, 0.3) is 0 Å². The van der Waals surface area contributed by atoms with Crippen LogP contribution >= 0.6 is 39.1 Å². The lowest BCUT2D eigenvalue weighted by atomic mass is 10.2. The molecule has 0 amide bonds. The van der Waals surface area contributed by atoms with Gasteiger partial charge < -0.3 is 5.73 Å². The molecule has 0 aliphatic rings. The molecule has 0 atom stereocenters. The van der Waals surface area contributed by atoms with Crippen molar-refractivity contribution in [1.29, 1.82) is 0 Å². The van der Waals surface area contributed by atoms with Crippen molar-refractivity contribution in [2.45, 2.75) is 10.6 Å². The minimum Gasteiger partial charge on any atom is -0.399 e. The van der Waals surface area contributed by atoms with Crippen molar-refractivity contribution >= 4 is 54.7 Å². The van der Waals surface area contributed by atoms with Gasteiger partial charge >= 0.3 is 0 Å². The molecule has 0 radical (unpaired) electrons. The number of hydrogen-bond acceptors (Lipinski definition) is 3. The normalized spacial score (nSPS) is 11.6. The molecule has 2 aromatic carbocycles. The summed E-state index contributed by atoms with van der Waals surface area (Å²) in [5.74, 6) is -0.227. The second kappa shape index (κ2) is 5.93. The third-order valence-electron chi connectivity index (χ3n) is 2.64. The first-order chi connectivity index (χ1) is 9.29. The maximum absolute atomic E-state index is 12.4. The van der Waals surface area contributed by atoms with Crippen LogP contribution in [0.15, 0.2) is 45.8 Å². The van der Waals surface area contributed by atoms with Crippen molar-refractivity contribution in [2.24, 2.45) is 0 Å². The van der Waals surface area contributed by atoms with Crippen molar-refractivity contribution in [3.63, 3.8) is 0 Å². The zero-order chi connectivity index (χ0) is 14.9. The first kappa shape index (κ1) is 15.6. The highest BCUT2D eigenvalue weighted by molar-refractivity contribution is 9.10. The highest BCUT2D eigenvalue weighted by atomic mass is 79.9. The van der Waals surface area contributed by atoms with E-state index >= 15 is 0 Å². The van der Waals surface area contributed by atoms with E-state index in [9.17, 15) is 8.42 Å². The minimum absolute atomic E-state index is 0.169. The Morgan fingerprint density at radius 3 is 2.45 bits per heavy atom. The van der Waals surface area contributed by atoms with E-state index in [1.165, 1.54) is 12.1 Å². The summed E-state index contributed by atoms with van der Waals surface area (Å²) >= 11 is 15.1. The van der Waals surface area contributed by atoms with Crippen molar-refractivity contribution in [3.8, 4) is 0 Å². The fourth-order valence-electron chi connectivity index (χ4n) is 1.71. The van der Waals surface area contributed by atoms with Crippen LogP contribution in [0.25, 0.3) is 0 Å². The van der Waals surface area contributed by atoms with Gasteiger partial charge in [0.2, 0.25) is 0 Å². The average Bonchev–Trinajstić information content (AvgIpc) is 2.33. The van der Waals surface area contributed by atoms with Gasteiger partial charge in [0.05, 0.1) is 10.6 Å². The molecule has 2 aromatic rings. The summed E-state index contributed by atoms with van der Waals surface area (Å²) < 4.78 is 25.3. The summed E-state index contributed by atoms with van der Waals surface area (Å²) in [5.41, 5.74) is 6.55. The van der Waals surface area contributed by atoms with Crippen LogP contribution in [-0.2, 0) is 15.6 Å². The molecule has 7 heteroatoms. The Labute approximate surface area is 135 Å². The molecule has 0 bridgehead atoms. The van der Waals surface area contributed by atoms with Gasteiger partial charge in [-0.05, 0) is 57.9 Å². The molecular weight excluding hydrogens is 385 g/mol. The molecule has 20 heavy (non-hydrogen) atoms. The minimum atomic E-state index is -3.55. The lowest BCUT2D eigenvalue weighted by Crippen LogP contribution is -2.06. The van der Waals surface area contributed by atoms with E-state index in [1.54, 1.807) is 24.3 Å². The van der Waals surface area contributed by atoms with Crippen LogP contribution in [0.3, 0.4) is 0 Å². The van der Waals surface area contributed by atoms with Gasteiger partial charge in [0, 0.05) is 20.2 Å². The topological polar surface area (TPSA) is 60.2 Å². The second-order valence-electron chi connectivity index (χ2n) is 4.18. The predicted molar refractivity (Wildman–Crippen MR) is 85.9 cm³/mol. The van der Waals surface area contributed by atoms with E-state index in [2.05, 4.69) is 15.9 Å². The molecule has 0 aliphatic heterocycles. The molecule has 3 nitrogen and oxygen atoms in total. The standard InChI is InChI=1S/C13H10BrCl2NO2S/c14-11-6-10(17)2-4-13(11)20(18,19)7-8-5-9(15)1-3-12(8)16/h1-6H,7,17H2. The maximum Gasteiger partial charge on any atom is 0.183 e. The molecule has 0 saturated carbocycles. The van der Waals surface area contributed by atoms with Crippen LogP contribution in [0.5, 0.6) is 0 Å². The Hall–Kier alpha value is -0.750. The summed E-state index contributed by atoms with van der Waals surface area (Å²) in [4.78, 5) is 0.169. The Kier molecular flexibility index (Phi) is 4.64. The average molecular weight is 395 g/mol. The Morgan fingerprint density at radius 2 is 1.80 bits per heavy atom. The summed E-state index contributed by atoms with van der Waals surface area (Å²) in [6.45, 7) is 0. The van der Waals surface area contributed by atoms with Crippen LogP contribution in [0, 0.1) is 0 Å². The molecule has 0 aromatic heterocycles. The van der Waals surface area contributed by atoms with Gasteiger partial charge in [0.1, 0.15) is 0 Å². The van der Waals surface area contributed by atoms with Gasteiger partial charge in [-0.1, -0.05) is 23.2 Å². The van der Waals surface area contributed by atoms with Crippen molar-refractivity contribution in [3.05, 3.63) is 56.5 Å². The molecule has 0 unspecified atom stereocenters. The number of sulfone groups is 1. The highest BCUT2D eigenvalue weighted by Gasteiger charge is 2.20. The number of rotatable bonds is 3. The van der Waals surface area contributed by atoms with E-state index < -0.39 is 9.84 Å². The Bertz CT molecular complexity index is 763. The third kappa shape index (κ3) is 3.47. The first-order valence-corrected chi connectivity index (χ1v) is 8.71. The van der Waals surface area contributed by atoms with Crippen molar-refractivity contribution in [2.75, 3.05) is 5.73 Å². The molecule has 2 N–H and O–H groups in total. The number of benzene rings is 2. The molecular formula is C13H10BrCl2NO2S. The summed E-state index contributed by atoms with van der Waals surface area (Å²) in [6.07, 6.45) is 0. The highest BCUT2D eigenvalue weighted by Crippen LogP contribution is 2.29.